The van der Waals surface area contributed by atoms with E-state index in [1.54, 1.807) is 18.2 Å². The first-order valence-electron chi connectivity index (χ1n) is 6.10. The van der Waals surface area contributed by atoms with Crippen molar-refractivity contribution in [2.24, 2.45) is 5.92 Å². The second-order valence-corrected chi connectivity index (χ2v) is 4.72. The Kier molecular flexibility index (Phi) is 3.68. The zero-order valence-electron chi connectivity index (χ0n) is 10.3. The number of rotatable bonds is 1. The Morgan fingerprint density at radius 2 is 2.00 bits per heavy atom. The molecule has 2 N–H and O–H groups in total. The maximum absolute atomic E-state index is 12.7. The van der Waals surface area contributed by atoms with E-state index in [2.05, 4.69) is 0 Å². The van der Waals surface area contributed by atoms with Gasteiger partial charge in [-0.1, -0.05) is 12.1 Å². The summed E-state index contributed by atoms with van der Waals surface area (Å²) in [4.78, 5) is 13.4. The fraction of sp³-hybridized carbons (Fsp3) is 0.462. The third-order valence-corrected chi connectivity index (χ3v) is 3.36. The number of benzene rings is 1. The monoisotopic (exact) mass is 272 g/mol. The van der Waals surface area contributed by atoms with E-state index >= 15 is 0 Å². The molecule has 1 aliphatic rings. The molecule has 1 atom stereocenters. The molecule has 1 unspecified atom stereocenters. The SMILES string of the molecule is Nc1ccccc1C(=O)N1CCCC(C(F)(F)F)C1. The summed E-state index contributed by atoms with van der Waals surface area (Å²) in [6.07, 6.45) is -3.80. The number of halogens is 3. The summed E-state index contributed by atoms with van der Waals surface area (Å²) in [7, 11) is 0. The lowest BCUT2D eigenvalue weighted by Gasteiger charge is -2.34. The lowest BCUT2D eigenvalue weighted by atomic mass is 9.96. The third kappa shape index (κ3) is 3.00. The number of alkyl halides is 3. The summed E-state index contributed by atoms with van der Waals surface area (Å²) < 4.78 is 38.1. The first-order chi connectivity index (χ1) is 8.89. The molecule has 0 saturated carbocycles. The van der Waals surface area contributed by atoms with E-state index in [4.69, 9.17) is 5.73 Å². The second-order valence-electron chi connectivity index (χ2n) is 4.72. The normalized spacial score (nSPS) is 20.4. The van der Waals surface area contributed by atoms with Crippen LogP contribution in [0.25, 0.3) is 0 Å². The standard InChI is InChI=1S/C13H15F3N2O/c14-13(15,16)9-4-3-7-18(8-9)12(19)10-5-1-2-6-11(10)17/h1-2,5-6,9H,3-4,7-8,17H2. The number of nitrogens with two attached hydrogens (primary N) is 1. The van der Waals surface area contributed by atoms with Gasteiger partial charge in [0.15, 0.2) is 0 Å². The predicted octanol–water partition coefficient (Wildman–Crippen LogP) is 2.68. The molecule has 1 aromatic rings. The van der Waals surface area contributed by atoms with Gasteiger partial charge in [0.2, 0.25) is 0 Å². The van der Waals surface area contributed by atoms with Crippen molar-refractivity contribution in [3.63, 3.8) is 0 Å². The summed E-state index contributed by atoms with van der Waals surface area (Å²) in [5, 5.41) is 0. The Morgan fingerprint density at radius 3 is 2.63 bits per heavy atom. The van der Waals surface area contributed by atoms with Crippen molar-refractivity contribution in [1.29, 1.82) is 0 Å². The number of hydrogen-bond donors (Lipinski definition) is 1. The minimum absolute atomic E-state index is 0.0809. The van der Waals surface area contributed by atoms with Gasteiger partial charge in [0.1, 0.15) is 0 Å². The first-order valence-corrected chi connectivity index (χ1v) is 6.10. The Labute approximate surface area is 109 Å². The lowest BCUT2D eigenvalue weighted by Crippen LogP contribution is -2.44. The van der Waals surface area contributed by atoms with Crippen LogP contribution in [0.1, 0.15) is 23.2 Å². The van der Waals surface area contributed by atoms with E-state index in [0.717, 1.165) is 0 Å². The fourth-order valence-corrected chi connectivity index (χ4v) is 2.29. The molecule has 0 aromatic heterocycles. The van der Waals surface area contributed by atoms with Gasteiger partial charge in [0, 0.05) is 18.8 Å². The van der Waals surface area contributed by atoms with Gasteiger partial charge < -0.3 is 10.6 Å². The minimum atomic E-state index is -4.25. The van der Waals surface area contributed by atoms with Gasteiger partial charge in [-0.15, -0.1) is 0 Å². The number of anilines is 1. The van der Waals surface area contributed by atoms with Crippen LogP contribution in [0.5, 0.6) is 0 Å². The number of likely N-dealkylation sites (tertiary alicyclic amines) is 1. The largest absolute Gasteiger partial charge is 0.398 e. The zero-order valence-corrected chi connectivity index (χ0v) is 10.3. The number of hydrogen-bond acceptors (Lipinski definition) is 2. The van der Waals surface area contributed by atoms with Crippen LogP contribution in [-0.2, 0) is 0 Å². The molecule has 6 heteroatoms. The Morgan fingerprint density at radius 1 is 1.32 bits per heavy atom. The average Bonchev–Trinajstić information content (AvgIpc) is 2.38. The summed E-state index contributed by atoms with van der Waals surface area (Å²) in [6.45, 7) is 0.0659. The highest BCUT2D eigenvalue weighted by molar-refractivity contribution is 5.99. The molecular formula is C13H15F3N2O. The van der Waals surface area contributed by atoms with E-state index in [9.17, 15) is 18.0 Å². The number of piperidine rings is 1. The van der Waals surface area contributed by atoms with E-state index in [1.807, 2.05) is 0 Å². The van der Waals surface area contributed by atoms with Crippen LogP contribution in [0.2, 0.25) is 0 Å². The topological polar surface area (TPSA) is 46.3 Å². The van der Waals surface area contributed by atoms with Crippen molar-refractivity contribution >= 4 is 11.6 Å². The molecule has 0 bridgehead atoms. The molecule has 3 nitrogen and oxygen atoms in total. The molecule has 2 rings (SSSR count). The lowest BCUT2D eigenvalue weighted by molar-refractivity contribution is -0.184. The summed E-state index contributed by atoms with van der Waals surface area (Å²) >= 11 is 0. The number of amides is 1. The Bertz CT molecular complexity index is 473. The van der Waals surface area contributed by atoms with Crippen LogP contribution >= 0.6 is 0 Å². The first kappa shape index (κ1) is 13.7. The molecule has 1 aliphatic heterocycles. The summed E-state index contributed by atoms with van der Waals surface area (Å²) in [5.74, 6) is -1.86. The van der Waals surface area contributed by atoms with Gasteiger partial charge >= 0.3 is 6.18 Å². The van der Waals surface area contributed by atoms with Crippen LogP contribution in [0.15, 0.2) is 24.3 Å². The van der Waals surface area contributed by atoms with E-state index < -0.39 is 18.0 Å². The number of nitrogen functional groups attached to an aromatic ring is 1. The molecule has 1 amide bonds. The van der Waals surface area contributed by atoms with Crippen molar-refractivity contribution in [3.05, 3.63) is 29.8 Å². The van der Waals surface area contributed by atoms with Gasteiger partial charge in [-0.05, 0) is 25.0 Å². The maximum Gasteiger partial charge on any atom is 0.393 e. The molecule has 1 heterocycles. The number of carbonyl (C=O) groups excluding carboxylic acids is 1. The van der Waals surface area contributed by atoms with Crippen LogP contribution in [0.4, 0.5) is 18.9 Å². The highest BCUT2D eigenvalue weighted by Crippen LogP contribution is 2.33. The average molecular weight is 272 g/mol. The van der Waals surface area contributed by atoms with Gasteiger partial charge in [-0.3, -0.25) is 4.79 Å². The molecule has 104 valence electrons. The molecule has 0 spiro atoms. The maximum atomic E-state index is 12.7. The molecule has 0 aliphatic carbocycles. The van der Waals surface area contributed by atoms with Crippen molar-refractivity contribution in [1.82, 2.24) is 4.90 Å². The third-order valence-electron chi connectivity index (χ3n) is 3.36. The second kappa shape index (κ2) is 5.11. The molecule has 1 fully saturated rings. The van der Waals surface area contributed by atoms with Gasteiger partial charge in [-0.2, -0.15) is 13.2 Å². The molecule has 0 radical (unpaired) electrons. The molecule has 1 aromatic carbocycles. The minimum Gasteiger partial charge on any atom is -0.398 e. The van der Waals surface area contributed by atoms with E-state index in [1.165, 1.54) is 11.0 Å². The smallest absolute Gasteiger partial charge is 0.393 e. The van der Waals surface area contributed by atoms with Crippen LogP contribution in [-0.4, -0.2) is 30.1 Å². The predicted molar refractivity (Wildman–Crippen MR) is 65.5 cm³/mol. The molecule has 1 saturated heterocycles. The Hall–Kier alpha value is -1.72. The number of nitrogens with zero attached hydrogens (tertiary/aromatic N) is 1. The van der Waals surface area contributed by atoms with E-state index in [-0.39, 0.29) is 18.5 Å². The van der Waals surface area contributed by atoms with Gasteiger partial charge in [0.05, 0.1) is 11.5 Å². The zero-order chi connectivity index (χ0) is 14.0. The van der Waals surface area contributed by atoms with Crippen molar-refractivity contribution < 1.29 is 18.0 Å². The summed E-state index contributed by atoms with van der Waals surface area (Å²) in [6, 6.07) is 6.43. The Balaban J connectivity index is 2.14. The quantitative estimate of drug-likeness (QED) is 0.799. The van der Waals surface area contributed by atoms with Crippen LogP contribution < -0.4 is 5.73 Å². The summed E-state index contributed by atoms with van der Waals surface area (Å²) in [5.41, 5.74) is 6.24. The highest BCUT2D eigenvalue weighted by Gasteiger charge is 2.42. The van der Waals surface area contributed by atoms with Crippen molar-refractivity contribution in [2.75, 3.05) is 18.8 Å². The number of carbonyl (C=O) groups is 1. The van der Waals surface area contributed by atoms with Crippen molar-refractivity contribution in [2.45, 2.75) is 19.0 Å². The van der Waals surface area contributed by atoms with Gasteiger partial charge in [-0.25, -0.2) is 0 Å². The molecular weight excluding hydrogens is 257 g/mol. The number of para-hydroxylation sites is 1. The fourth-order valence-electron chi connectivity index (χ4n) is 2.29. The van der Waals surface area contributed by atoms with E-state index in [0.29, 0.717) is 18.7 Å². The van der Waals surface area contributed by atoms with Gasteiger partial charge in [0.25, 0.3) is 5.91 Å². The highest BCUT2D eigenvalue weighted by atomic mass is 19.4. The molecule has 19 heavy (non-hydrogen) atoms. The van der Waals surface area contributed by atoms with Crippen LogP contribution in [0.3, 0.4) is 0 Å². The van der Waals surface area contributed by atoms with Crippen molar-refractivity contribution in [3.8, 4) is 0 Å². The van der Waals surface area contributed by atoms with Crippen LogP contribution in [0, 0.1) is 5.92 Å².